The SMILES string of the molecule is O=C(NC1(C(=O)O)CCCOCC1)OCC1c2ccccc2-c2ccccc21. The van der Waals surface area contributed by atoms with Crippen LogP contribution in [0.3, 0.4) is 0 Å². The van der Waals surface area contributed by atoms with Gasteiger partial charge in [-0.1, -0.05) is 48.5 Å². The molecule has 1 heterocycles. The molecule has 4 rings (SSSR count). The number of benzene rings is 2. The molecule has 1 unspecified atom stereocenters. The van der Waals surface area contributed by atoms with Gasteiger partial charge in [-0.2, -0.15) is 0 Å². The zero-order valence-corrected chi connectivity index (χ0v) is 15.5. The number of rotatable bonds is 4. The molecule has 1 aliphatic heterocycles. The van der Waals surface area contributed by atoms with E-state index < -0.39 is 17.6 Å². The summed E-state index contributed by atoms with van der Waals surface area (Å²) in [5, 5.41) is 12.3. The minimum Gasteiger partial charge on any atom is -0.480 e. The van der Waals surface area contributed by atoms with Crippen molar-refractivity contribution < 1.29 is 24.2 Å². The highest BCUT2D eigenvalue weighted by Crippen LogP contribution is 2.44. The van der Waals surface area contributed by atoms with E-state index in [0.717, 1.165) is 22.3 Å². The molecule has 2 aromatic rings. The summed E-state index contributed by atoms with van der Waals surface area (Å²) in [6.07, 6.45) is 0.431. The van der Waals surface area contributed by atoms with Gasteiger partial charge in [0.1, 0.15) is 12.1 Å². The molecule has 1 aliphatic carbocycles. The minimum absolute atomic E-state index is 0.0589. The summed E-state index contributed by atoms with van der Waals surface area (Å²) >= 11 is 0. The van der Waals surface area contributed by atoms with Crippen LogP contribution < -0.4 is 5.32 Å². The molecule has 0 bridgehead atoms. The quantitative estimate of drug-likeness (QED) is 0.846. The van der Waals surface area contributed by atoms with Gasteiger partial charge in [-0.05, 0) is 35.1 Å². The van der Waals surface area contributed by atoms with Gasteiger partial charge in [0, 0.05) is 25.6 Å². The number of carbonyl (C=O) groups excluding carboxylic acids is 1. The maximum absolute atomic E-state index is 12.5. The number of fused-ring (bicyclic) bond motifs is 3. The number of nitrogens with one attached hydrogen (secondary N) is 1. The van der Waals surface area contributed by atoms with E-state index in [9.17, 15) is 14.7 Å². The van der Waals surface area contributed by atoms with Crippen molar-refractivity contribution in [2.24, 2.45) is 0 Å². The van der Waals surface area contributed by atoms with Crippen molar-refractivity contribution >= 4 is 12.1 Å². The summed E-state index contributed by atoms with van der Waals surface area (Å²) < 4.78 is 10.8. The van der Waals surface area contributed by atoms with E-state index in [1.165, 1.54) is 0 Å². The van der Waals surface area contributed by atoms with Gasteiger partial charge in [-0.15, -0.1) is 0 Å². The predicted molar refractivity (Wildman–Crippen MR) is 103 cm³/mol. The molecule has 2 aromatic carbocycles. The van der Waals surface area contributed by atoms with E-state index in [1.54, 1.807) is 0 Å². The smallest absolute Gasteiger partial charge is 0.408 e. The molecule has 146 valence electrons. The molecule has 1 saturated heterocycles. The lowest BCUT2D eigenvalue weighted by Crippen LogP contribution is -2.55. The third-order valence-electron chi connectivity index (χ3n) is 5.66. The Morgan fingerprint density at radius 1 is 1.04 bits per heavy atom. The molecule has 2 aliphatic rings. The predicted octanol–water partition coefficient (Wildman–Crippen LogP) is 3.55. The lowest BCUT2D eigenvalue weighted by molar-refractivity contribution is -0.145. The summed E-state index contributed by atoms with van der Waals surface area (Å²) in [6.45, 7) is 0.962. The average Bonchev–Trinajstić information content (AvgIpc) is 2.84. The van der Waals surface area contributed by atoms with Gasteiger partial charge in [-0.25, -0.2) is 9.59 Å². The van der Waals surface area contributed by atoms with Gasteiger partial charge < -0.3 is 19.9 Å². The summed E-state index contributed by atoms with van der Waals surface area (Å²) in [4.78, 5) is 24.3. The number of carbonyl (C=O) groups is 2. The monoisotopic (exact) mass is 381 g/mol. The number of ether oxygens (including phenoxy) is 2. The van der Waals surface area contributed by atoms with Gasteiger partial charge in [0.2, 0.25) is 0 Å². The fraction of sp³-hybridized carbons (Fsp3) is 0.364. The number of hydrogen-bond acceptors (Lipinski definition) is 4. The van der Waals surface area contributed by atoms with E-state index in [0.29, 0.717) is 26.1 Å². The van der Waals surface area contributed by atoms with Gasteiger partial charge in [0.05, 0.1) is 0 Å². The standard InChI is InChI=1S/C22H23NO5/c24-20(25)22(10-5-12-27-13-11-22)23-21(26)28-14-19-17-8-3-1-6-15(17)16-7-2-4-9-18(16)19/h1-4,6-9,19H,5,10-14H2,(H,23,26)(H,24,25). The number of aliphatic carboxylic acids is 1. The van der Waals surface area contributed by atoms with Gasteiger partial charge in [-0.3, -0.25) is 0 Å². The molecule has 0 saturated carbocycles. The third kappa shape index (κ3) is 3.36. The van der Waals surface area contributed by atoms with Crippen molar-refractivity contribution in [2.45, 2.75) is 30.7 Å². The number of alkyl carbamates (subject to hydrolysis) is 1. The Kier molecular flexibility index (Phi) is 5.05. The van der Waals surface area contributed by atoms with Gasteiger partial charge in [0.25, 0.3) is 0 Å². The fourth-order valence-electron chi connectivity index (χ4n) is 4.17. The second-order valence-corrected chi connectivity index (χ2v) is 7.30. The Bertz CT molecular complexity index is 841. The molecule has 0 radical (unpaired) electrons. The number of amides is 1. The maximum Gasteiger partial charge on any atom is 0.408 e. The van der Waals surface area contributed by atoms with Crippen molar-refractivity contribution in [1.29, 1.82) is 0 Å². The fourth-order valence-corrected chi connectivity index (χ4v) is 4.17. The van der Waals surface area contributed by atoms with Crippen LogP contribution in [0.15, 0.2) is 48.5 Å². The summed E-state index contributed by atoms with van der Waals surface area (Å²) in [7, 11) is 0. The van der Waals surface area contributed by atoms with Crippen LogP contribution in [0.25, 0.3) is 11.1 Å². The molecule has 28 heavy (non-hydrogen) atoms. The highest BCUT2D eigenvalue weighted by molar-refractivity contribution is 5.84. The van der Waals surface area contributed by atoms with Gasteiger partial charge in [0.15, 0.2) is 0 Å². The molecule has 6 nitrogen and oxygen atoms in total. The third-order valence-corrected chi connectivity index (χ3v) is 5.66. The molecule has 0 aromatic heterocycles. The molecule has 1 amide bonds. The Labute approximate surface area is 163 Å². The van der Waals surface area contributed by atoms with Crippen LogP contribution in [-0.4, -0.2) is 42.5 Å². The van der Waals surface area contributed by atoms with Crippen LogP contribution in [0.5, 0.6) is 0 Å². The number of carboxylic acids is 1. The minimum atomic E-state index is -1.33. The Morgan fingerprint density at radius 2 is 1.68 bits per heavy atom. The summed E-state index contributed by atoms with van der Waals surface area (Å²) in [5.74, 6) is -1.11. The second-order valence-electron chi connectivity index (χ2n) is 7.30. The Morgan fingerprint density at radius 3 is 2.32 bits per heavy atom. The summed E-state index contributed by atoms with van der Waals surface area (Å²) in [6, 6.07) is 16.2. The van der Waals surface area contributed by atoms with E-state index in [-0.39, 0.29) is 18.9 Å². The second kappa shape index (κ2) is 7.64. The van der Waals surface area contributed by atoms with Crippen LogP contribution in [0.4, 0.5) is 4.79 Å². The van der Waals surface area contributed by atoms with Crippen molar-refractivity contribution in [2.75, 3.05) is 19.8 Å². The van der Waals surface area contributed by atoms with Crippen LogP contribution in [0.1, 0.15) is 36.3 Å². The largest absolute Gasteiger partial charge is 0.480 e. The normalized spacial score (nSPS) is 21.3. The molecule has 1 fully saturated rings. The molecule has 0 spiro atoms. The number of hydrogen-bond donors (Lipinski definition) is 2. The Balaban J connectivity index is 1.48. The highest BCUT2D eigenvalue weighted by Gasteiger charge is 2.41. The van der Waals surface area contributed by atoms with Crippen LogP contribution in [-0.2, 0) is 14.3 Å². The van der Waals surface area contributed by atoms with Crippen molar-refractivity contribution in [3.63, 3.8) is 0 Å². The molecule has 1 atom stereocenters. The van der Waals surface area contributed by atoms with E-state index >= 15 is 0 Å². The summed E-state index contributed by atoms with van der Waals surface area (Å²) in [5.41, 5.74) is 3.20. The first-order valence-electron chi connectivity index (χ1n) is 9.55. The number of carboxylic acid groups (broad SMARTS) is 1. The Hall–Kier alpha value is -2.86. The van der Waals surface area contributed by atoms with Crippen molar-refractivity contribution in [3.8, 4) is 11.1 Å². The van der Waals surface area contributed by atoms with Crippen molar-refractivity contribution in [3.05, 3.63) is 59.7 Å². The maximum atomic E-state index is 12.5. The lowest BCUT2D eigenvalue weighted by Gasteiger charge is -2.28. The van der Waals surface area contributed by atoms with Gasteiger partial charge >= 0.3 is 12.1 Å². The first kappa shape index (κ1) is 18.5. The van der Waals surface area contributed by atoms with E-state index in [2.05, 4.69) is 17.4 Å². The van der Waals surface area contributed by atoms with Crippen LogP contribution in [0.2, 0.25) is 0 Å². The topological polar surface area (TPSA) is 84.9 Å². The molecule has 2 N–H and O–H groups in total. The van der Waals surface area contributed by atoms with E-state index in [4.69, 9.17) is 9.47 Å². The van der Waals surface area contributed by atoms with Crippen LogP contribution in [0, 0.1) is 0 Å². The molecule has 6 heteroatoms. The molecular formula is C22H23NO5. The zero-order valence-electron chi connectivity index (χ0n) is 15.5. The van der Waals surface area contributed by atoms with Crippen LogP contribution >= 0.6 is 0 Å². The van der Waals surface area contributed by atoms with Crippen molar-refractivity contribution in [1.82, 2.24) is 5.32 Å². The van der Waals surface area contributed by atoms with E-state index in [1.807, 2.05) is 36.4 Å². The molecular weight excluding hydrogens is 358 g/mol. The first-order valence-corrected chi connectivity index (χ1v) is 9.55. The highest BCUT2D eigenvalue weighted by atomic mass is 16.5. The zero-order chi connectivity index (χ0) is 19.6. The average molecular weight is 381 g/mol. The first-order chi connectivity index (χ1) is 13.6. The lowest BCUT2D eigenvalue weighted by atomic mass is 9.91.